The molecule has 0 saturated carbocycles. The SMILES string of the molecule is COc1ccccc1CNC(=O)[C@@H]1CCCN(S(=O)(=O)Cc2ccccc2)C1. The molecule has 150 valence electrons. The van der Waals surface area contributed by atoms with Gasteiger partial charge in [-0.15, -0.1) is 0 Å². The van der Waals surface area contributed by atoms with Crippen LogP contribution in [0.15, 0.2) is 54.6 Å². The van der Waals surface area contributed by atoms with E-state index in [1.807, 2.05) is 42.5 Å². The fourth-order valence-corrected chi connectivity index (χ4v) is 5.07. The number of carbonyl (C=O) groups excluding carboxylic acids is 1. The summed E-state index contributed by atoms with van der Waals surface area (Å²) < 4.78 is 32.3. The summed E-state index contributed by atoms with van der Waals surface area (Å²) in [6.07, 6.45) is 1.37. The molecule has 3 rings (SSSR count). The van der Waals surface area contributed by atoms with Crippen molar-refractivity contribution in [2.24, 2.45) is 5.92 Å². The summed E-state index contributed by atoms with van der Waals surface area (Å²) in [7, 11) is -1.85. The van der Waals surface area contributed by atoms with Crippen LogP contribution in [0.3, 0.4) is 0 Å². The van der Waals surface area contributed by atoms with Crippen molar-refractivity contribution in [3.63, 3.8) is 0 Å². The lowest BCUT2D eigenvalue weighted by Crippen LogP contribution is -2.45. The van der Waals surface area contributed by atoms with Crippen molar-refractivity contribution in [3.05, 3.63) is 65.7 Å². The zero-order chi connectivity index (χ0) is 20.0. The molecule has 1 fully saturated rings. The van der Waals surface area contributed by atoms with E-state index in [9.17, 15) is 13.2 Å². The third-order valence-electron chi connectivity index (χ3n) is 4.99. The van der Waals surface area contributed by atoms with Gasteiger partial charge in [0, 0.05) is 25.2 Å². The Morgan fingerprint density at radius 1 is 1.14 bits per heavy atom. The van der Waals surface area contributed by atoms with Gasteiger partial charge in [0.15, 0.2) is 0 Å². The Hall–Kier alpha value is -2.38. The van der Waals surface area contributed by atoms with E-state index < -0.39 is 10.0 Å². The van der Waals surface area contributed by atoms with Gasteiger partial charge in [0.05, 0.1) is 18.8 Å². The topological polar surface area (TPSA) is 75.7 Å². The van der Waals surface area contributed by atoms with E-state index in [0.717, 1.165) is 16.9 Å². The Kier molecular flexibility index (Phi) is 6.70. The smallest absolute Gasteiger partial charge is 0.224 e. The molecule has 0 bridgehead atoms. The third kappa shape index (κ3) is 5.11. The minimum atomic E-state index is -3.45. The summed E-state index contributed by atoms with van der Waals surface area (Å²) >= 11 is 0. The minimum Gasteiger partial charge on any atom is -0.496 e. The average molecular weight is 403 g/mol. The second-order valence-corrected chi connectivity index (χ2v) is 8.94. The van der Waals surface area contributed by atoms with E-state index in [1.54, 1.807) is 19.2 Å². The molecule has 1 aliphatic rings. The van der Waals surface area contributed by atoms with Gasteiger partial charge >= 0.3 is 0 Å². The standard InChI is InChI=1S/C21H26N2O4S/c1-27-20-12-6-5-10-18(20)14-22-21(24)19-11-7-13-23(15-19)28(25,26)16-17-8-3-2-4-9-17/h2-6,8-10,12,19H,7,11,13-16H2,1H3,(H,22,24)/t19-/m1/s1. The highest BCUT2D eigenvalue weighted by Crippen LogP contribution is 2.22. The van der Waals surface area contributed by atoms with Crippen LogP contribution in [0, 0.1) is 5.92 Å². The van der Waals surface area contributed by atoms with Crippen LogP contribution in [-0.2, 0) is 27.1 Å². The first kappa shape index (κ1) is 20.4. The van der Waals surface area contributed by atoms with Crippen molar-refractivity contribution in [2.45, 2.75) is 25.1 Å². The number of piperidine rings is 1. The summed E-state index contributed by atoms with van der Waals surface area (Å²) in [5, 5.41) is 2.92. The number of benzene rings is 2. The Morgan fingerprint density at radius 3 is 2.61 bits per heavy atom. The van der Waals surface area contributed by atoms with E-state index in [2.05, 4.69) is 5.32 Å². The predicted molar refractivity (Wildman–Crippen MR) is 108 cm³/mol. The average Bonchev–Trinajstić information content (AvgIpc) is 2.72. The molecule has 28 heavy (non-hydrogen) atoms. The maximum absolute atomic E-state index is 12.8. The lowest BCUT2D eigenvalue weighted by molar-refractivity contribution is -0.126. The Balaban J connectivity index is 1.60. The molecule has 7 heteroatoms. The predicted octanol–water partition coefficient (Wildman–Crippen LogP) is 2.55. The molecule has 6 nitrogen and oxygen atoms in total. The van der Waals surface area contributed by atoms with Crippen LogP contribution in [-0.4, -0.2) is 38.8 Å². The highest BCUT2D eigenvalue weighted by atomic mass is 32.2. The van der Waals surface area contributed by atoms with Gasteiger partial charge in [0.25, 0.3) is 0 Å². The van der Waals surface area contributed by atoms with E-state index in [-0.39, 0.29) is 24.1 Å². The summed E-state index contributed by atoms with van der Waals surface area (Å²) in [5.74, 6) is 0.224. The van der Waals surface area contributed by atoms with Crippen molar-refractivity contribution < 1.29 is 17.9 Å². The highest BCUT2D eigenvalue weighted by molar-refractivity contribution is 7.88. The normalized spacial score (nSPS) is 17.8. The molecule has 0 radical (unpaired) electrons. The molecule has 0 aromatic heterocycles. The largest absolute Gasteiger partial charge is 0.496 e. The molecule has 1 heterocycles. The monoisotopic (exact) mass is 402 g/mol. The summed E-state index contributed by atoms with van der Waals surface area (Å²) in [6, 6.07) is 16.6. The van der Waals surface area contributed by atoms with Gasteiger partial charge in [-0.2, -0.15) is 0 Å². The lowest BCUT2D eigenvalue weighted by Gasteiger charge is -2.31. The van der Waals surface area contributed by atoms with Crippen molar-refractivity contribution in [1.82, 2.24) is 9.62 Å². The van der Waals surface area contributed by atoms with Crippen LogP contribution in [0.25, 0.3) is 0 Å². The molecule has 1 saturated heterocycles. The van der Waals surface area contributed by atoms with E-state index in [0.29, 0.717) is 25.9 Å². The quantitative estimate of drug-likeness (QED) is 0.772. The van der Waals surface area contributed by atoms with Gasteiger partial charge in [-0.05, 0) is 24.5 Å². The number of rotatable bonds is 7. The zero-order valence-electron chi connectivity index (χ0n) is 16.0. The van der Waals surface area contributed by atoms with Crippen molar-refractivity contribution in [2.75, 3.05) is 20.2 Å². The first-order valence-electron chi connectivity index (χ1n) is 9.41. The molecule has 0 aliphatic carbocycles. The molecule has 1 N–H and O–H groups in total. The van der Waals surface area contributed by atoms with Crippen LogP contribution in [0.5, 0.6) is 5.75 Å². The van der Waals surface area contributed by atoms with Crippen LogP contribution >= 0.6 is 0 Å². The molecule has 2 aromatic carbocycles. The van der Waals surface area contributed by atoms with Crippen LogP contribution in [0.1, 0.15) is 24.0 Å². The number of ether oxygens (including phenoxy) is 1. The van der Waals surface area contributed by atoms with E-state index in [4.69, 9.17) is 4.74 Å². The summed E-state index contributed by atoms with van der Waals surface area (Å²) in [6.45, 7) is 1.05. The van der Waals surface area contributed by atoms with Gasteiger partial charge < -0.3 is 10.1 Å². The van der Waals surface area contributed by atoms with Gasteiger partial charge in [0.2, 0.25) is 15.9 Å². The molecule has 0 spiro atoms. The first-order chi connectivity index (χ1) is 13.5. The maximum Gasteiger partial charge on any atom is 0.224 e. The molecule has 1 amide bonds. The van der Waals surface area contributed by atoms with Gasteiger partial charge in [0.1, 0.15) is 5.75 Å². The molecule has 0 unspecified atom stereocenters. The number of para-hydroxylation sites is 1. The number of methoxy groups -OCH3 is 1. The molecule has 1 aliphatic heterocycles. The fourth-order valence-electron chi connectivity index (χ4n) is 3.46. The molecule has 2 aromatic rings. The number of hydrogen-bond acceptors (Lipinski definition) is 4. The second-order valence-electron chi connectivity index (χ2n) is 6.97. The van der Waals surface area contributed by atoms with Crippen molar-refractivity contribution >= 4 is 15.9 Å². The second kappa shape index (κ2) is 9.21. The van der Waals surface area contributed by atoms with E-state index in [1.165, 1.54) is 4.31 Å². The van der Waals surface area contributed by atoms with Gasteiger partial charge in [-0.1, -0.05) is 48.5 Å². The summed E-state index contributed by atoms with van der Waals surface area (Å²) in [5.41, 5.74) is 1.65. The number of carbonyl (C=O) groups is 1. The zero-order valence-corrected chi connectivity index (χ0v) is 16.8. The van der Waals surface area contributed by atoms with Gasteiger partial charge in [-0.25, -0.2) is 12.7 Å². The minimum absolute atomic E-state index is 0.0383. The van der Waals surface area contributed by atoms with Gasteiger partial charge in [-0.3, -0.25) is 4.79 Å². The van der Waals surface area contributed by atoms with E-state index >= 15 is 0 Å². The molecule has 1 atom stereocenters. The molecular formula is C21H26N2O4S. The number of hydrogen-bond donors (Lipinski definition) is 1. The maximum atomic E-state index is 12.8. The van der Waals surface area contributed by atoms with Crippen molar-refractivity contribution in [1.29, 1.82) is 0 Å². The Bertz CT molecular complexity index is 900. The number of nitrogens with one attached hydrogen (secondary N) is 1. The Labute approximate surface area is 166 Å². The number of nitrogens with zero attached hydrogens (tertiary/aromatic N) is 1. The Morgan fingerprint density at radius 2 is 1.86 bits per heavy atom. The fraction of sp³-hybridized carbons (Fsp3) is 0.381. The molecular weight excluding hydrogens is 376 g/mol. The van der Waals surface area contributed by atoms with Crippen LogP contribution < -0.4 is 10.1 Å². The third-order valence-corrected chi connectivity index (χ3v) is 6.80. The van der Waals surface area contributed by atoms with Crippen molar-refractivity contribution in [3.8, 4) is 5.75 Å². The summed E-state index contributed by atoms with van der Waals surface area (Å²) in [4.78, 5) is 12.6. The number of sulfonamides is 1. The first-order valence-corrected chi connectivity index (χ1v) is 11.0. The van der Waals surface area contributed by atoms with Crippen LogP contribution in [0.4, 0.5) is 0 Å². The number of amides is 1. The highest BCUT2D eigenvalue weighted by Gasteiger charge is 2.32. The van der Waals surface area contributed by atoms with Crippen LogP contribution in [0.2, 0.25) is 0 Å². The lowest BCUT2D eigenvalue weighted by atomic mass is 9.98.